The maximum Gasteiger partial charge on any atom is 0.277 e. The third-order valence-electron chi connectivity index (χ3n) is 5.15. The van der Waals surface area contributed by atoms with E-state index in [-0.39, 0.29) is 5.91 Å². The number of amides is 1. The number of hydrogen-bond donors (Lipinski definition) is 1. The van der Waals surface area contributed by atoms with Crippen molar-refractivity contribution in [3.05, 3.63) is 16.8 Å². The van der Waals surface area contributed by atoms with Crippen molar-refractivity contribution in [3.63, 3.8) is 0 Å². The van der Waals surface area contributed by atoms with Gasteiger partial charge in [-0.1, -0.05) is 0 Å². The summed E-state index contributed by atoms with van der Waals surface area (Å²) in [7, 11) is 3.65. The summed E-state index contributed by atoms with van der Waals surface area (Å²) >= 11 is 1.84. The molecule has 2 aromatic heterocycles. The summed E-state index contributed by atoms with van der Waals surface area (Å²) in [6.07, 6.45) is 5.33. The van der Waals surface area contributed by atoms with E-state index in [0.29, 0.717) is 6.54 Å². The van der Waals surface area contributed by atoms with E-state index < -0.39 is 0 Å². The molecule has 2 aromatic rings. The lowest BCUT2D eigenvalue weighted by atomic mass is 10.1. The van der Waals surface area contributed by atoms with Crippen LogP contribution in [0.1, 0.15) is 16.9 Å². The van der Waals surface area contributed by atoms with Crippen molar-refractivity contribution in [1.29, 1.82) is 0 Å². The largest absolute Gasteiger partial charge is 0.345 e. The number of piperazine rings is 1. The smallest absolute Gasteiger partial charge is 0.277 e. The first-order valence-corrected chi connectivity index (χ1v) is 9.49. The number of quaternary nitrogens is 1. The van der Waals surface area contributed by atoms with E-state index >= 15 is 0 Å². The Labute approximate surface area is 146 Å². The number of carbonyl (C=O) groups excluding carboxylic acids is 1. The van der Waals surface area contributed by atoms with E-state index in [2.05, 4.69) is 14.9 Å². The Morgan fingerprint density at radius 1 is 1.29 bits per heavy atom. The molecule has 1 fully saturated rings. The van der Waals surface area contributed by atoms with E-state index in [0.717, 1.165) is 43.2 Å². The third kappa shape index (κ3) is 2.75. The maximum atomic E-state index is 11.9. The number of aromatic nitrogens is 2. The molecule has 2 aliphatic rings. The molecule has 0 radical (unpaired) electrons. The summed E-state index contributed by atoms with van der Waals surface area (Å²) < 4.78 is 0. The zero-order valence-corrected chi connectivity index (χ0v) is 15.2. The fourth-order valence-corrected chi connectivity index (χ4v) is 4.96. The van der Waals surface area contributed by atoms with Crippen LogP contribution in [0.5, 0.6) is 0 Å². The summed E-state index contributed by atoms with van der Waals surface area (Å²) in [5, 5.41) is 1.29. The van der Waals surface area contributed by atoms with Crippen molar-refractivity contribution >= 4 is 33.3 Å². The van der Waals surface area contributed by atoms with Gasteiger partial charge in [-0.15, -0.1) is 11.3 Å². The van der Waals surface area contributed by atoms with Crippen molar-refractivity contribution < 1.29 is 9.69 Å². The fraction of sp³-hybridized carbons (Fsp3) is 0.588. The molecule has 4 rings (SSSR count). The summed E-state index contributed by atoms with van der Waals surface area (Å²) in [6, 6.07) is 0. The van der Waals surface area contributed by atoms with Crippen LogP contribution in [0.2, 0.25) is 0 Å². The predicted molar refractivity (Wildman–Crippen MR) is 95.9 cm³/mol. The van der Waals surface area contributed by atoms with Gasteiger partial charge in [-0.2, -0.15) is 0 Å². The fourth-order valence-electron chi connectivity index (χ4n) is 3.74. The molecule has 0 atom stereocenters. The van der Waals surface area contributed by atoms with Gasteiger partial charge in [0.1, 0.15) is 17.0 Å². The Bertz CT molecular complexity index is 764. The lowest BCUT2D eigenvalue weighted by Crippen LogP contribution is -3.15. The zero-order chi connectivity index (χ0) is 16.7. The minimum Gasteiger partial charge on any atom is -0.345 e. The van der Waals surface area contributed by atoms with E-state index in [1.807, 2.05) is 25.4 Å². The highest BCUT2D eigenvalue weighted by Crippen LogP contribution is 2.39. The van der Waals surface area contributed by atoms with Gasteiger partial charge in [0.15, 0.2) is 6.54 Å². The van der Waals surface area contributed by atoms with Crippen molar-refractivity contribution in [2.75, 3.05) is 51.7 Å². The number of carbonyl (C=O) groups is 1. The number of rotatable bonds is 3. The second-order valence-electron chi connectivity index (χ2n) is 6.94. The molecule has 0 aromatic carbocycles. The van der Waals surface area contributed by atoms with Crippen molar-refractivity contribution in [3.8, 4) is 0 Å². The third-order valence-corrected chi connectivity index (χ3v) is 6.35. The molecule has 1 N–H and O–H groups in total. The van der Waals surface area contributed by atoms with Crippen molar-refractivity contribution in [2.24, 2.45) is 0 Å². The Morgan fingerprint density at radius 3 is 2.83 bits per heavy atom. The predicted octanol–water partition coefficient (Wildman–Crippen LogP) is -0.0269. The first-order chi connectivity index (χ1) is 11.6. The average molecular weight is 346 g/mol. The van der Waals surface area contributed by atoms with Crippen LogP contribution in [0, 0.1) is 0 Å². The second-order valence-corrected chi connectivity index (χ2v) is 8.02. The van der Waals surface area contributed by atoms with E-state index in [9.17, 15) is 4.79 Å². The van der Waals surface area contributed by atoms with Crippen LogP contribution in [0.3, 0.4) is 0 Å². The molecule has 1 saturated heterocycles. The molecule has 128 valence electrons. The molecule has 1 amide bonds. The van der Waals surface area contributed by atoms with Crippen LogP contribution in [0.25, 0.3) is 10.2 Å². The van der Waals surface area contributed by atoms with Gasteiger partial charge in [-0.3, -0.25) is 4.79 Å². The van der Waals surface area contributed by atoms with Gasteiger partial charge in [0.25, 0.3) is 5.91 Å². The molecular formula is C17H24N5OS+. The molecule has 0 bridgehead atoms. The van der Waals surface area contributed by atoms with Gasteiger partial charge in [0.2, 0.25) is 0 Å². The highest BCUT2D eigenvalue weighted by molar-refractivity contribution is 7.19. The van der Waals surface area contributed by atoms with Gasteiger partial charge in [-0.25, -0.2) is 9.97 Å². The Balaban J connectivity index is 1.52. The zero-order valence-electron chi connectivity index (χ0n) is 14.3. The summed E-state index contributed by atoms with van der Waals surface area (Å²) in [6.45, 7) is 4.46. The monoisotopic (exact) mass is 346 g/mol. The number of aryl methyl sites for hydroxylation is 2. The lowest BCUT2D eigenvalue weighted by Gasteiger charge is -2.33. The first-order valence-electron chi connectivity index (χ1n) is 8.67. The second kappa shape index (κ2) is 6.29. The van der Waals surface area contributed by atoms with Crippen LogP contribution in [-0.4, -0.2) is 67.6 Å². The Morgan fingerprint density at radius 2 is 2.08 bits per heavy atom. The standard InChI is InChI=1S/C17H23N5OS/c1-20(2)14(23)10-21-6-8-22(9-7-21)16-15-12-4-3-5-13(12)24-17(15)19-11-18-16/h11H,3-10H2,1-2H3/p+1. The van der Waals surface area contributed by atoms with Crippen molar-refractivity contribution in [2.45, 2.75) is 19.3 Å². The topological polar surface area (TPSA) is 53.8 Å². The van der Waals surface area contributed by atoms with E-state index in [1.165, 1.54) is 33.6 Å². The first kappa shape index (κ1) is 15.8. The van der Waals surface area contributed by atoms with Crippen LogP contribution in [0.15, 0.2) is 6.33 Å². The van der Waals surface area contributed by atoms with Crippen LogP contribution < -0.4 is 9.80 Å². The molecule has 0 saturated carbocycles. The van der Waals surface area contributed by atoms with Crippen molar-refractivity contribution in [1.82, 2.24) is 14.9 Å². The summed E-state index contributed by atoms with van der Waals surface area (Å²) in [4.78, 5) is 29.1. The van der Waals surface area contributed by atoms with Crippen LogP contribution >= 0.6 is 11.3 Å². The maximum absolute atomic E-state index is 11.9. The molecule has 1 aliphatic heterocycles. The summed E-state index contributed by atoms with van der Waals surface area (Å²) in [5.74, 6) is 1.32. The minimum atomic E-state index is 0.207. The van der Waals surface area contributed by atoms with Gasteiger partial charge >= 0.3 is 0 Å². The van der Waals surface area contributed by atoms with E-state index in [1.54, 1.807) is 11.2 Å². The number of likely N-dealkylation sites (N-methyl/N-ethyl adjacent to an activating group) is 1. The number of fused-ring (bicyclic) bond motifs is 3. The Hall–Kier alpha value is -1.73. The molecule has 3 heterocycles. The lowest BCUT2D eigenvalue weighted by molar-refractivity contribution is -0.892. The molecule has 6 nitrogen and oxygen atoms in total. The highest BCUT2D eigenvalue weighted by atomic mass is 32.1. The number of hydrogen-bond acceptors (Lipinski definition) is 5. The Kier molecular flexibility index (Phi) is 4.14. The van der Waals surface area contributed by atoms with Gasteiger partial charge < -0.3 is 14.7 Å². The molecule has 24 heavy (non-hydrogen) atoms. The number of thiophene rings is 1. The summed E-state index contributed by atoms with van der Waals surface area (Å²) in [5.41, 5.74) is 1.49. The highest BCUT2D eigenvalue weighted by Gasteiger charge is 2.27. The van der Waals surface area contributed by atoms with Gasteiger partial charge in [0.05, 0.1) is 31.6 Å². The minimum absolute atomic E-state index is 0.207. The molecule has 7 heteroatoms. The number of nitrogens with one attached hydrogen (secondary N) is 1. The SMILES string of the molecule is CN(C)C(=O)C[NH+]1CCN(c2ncnc3sc4c(c23)CCC4)CC1. The van der Waals surface area contributed by atoms with E-state index in [4.69, 9.17) is 0 Å². The molecule has 0 unspecified atom stereocenters. The normalized spacial score (nSPS) is 18.2. The van der Waals surface area contributed by atoms with Crippen LogP contribution in [-0.2, 0) is 17.6 Å². The molecular weight excluding hydrogens is 322 g/mol. The molecule has 1 aliphatic carbocycles. The molecule has 0 spiro atoms. The van der Waals surface area contributed by atoms with Crippen LogP contribution in [0.4, 0.5) is 5.82 Å². The van der Waals surface area contributed by atoms with Gasteiger partial charge in [0, 0.05) is 19.0 Å². The number of anilines is 1. The van der Waals surface area contributed by atoms with Gasteiger partial charge in [-0.05, 0) is 24.8 Å². The average Bonchev–Trinajstić information content (AvgIpc) is 3.15. The number of nitrogens with zero attached hydrogens (tertiary/aromatic N) is 4. The quantitative estimate of drug-likeness (QED) is 0.848.